The third-order valence-corrected chi connectivity index (χ3v) is 4.60. The van der Waals surface area contributed by atoms with Crippen molar-refractivity contribution in [3.63, 3.8) is 0 Å². The van der Waals surface area contributed by atoms with Crippen LogP contribution in [0.25, 0.3) is 0 Å². The molecule has 0 amide bonds. The second kappa shape index (κ2) is 5.48. The molecule has 8 heteroatoms. The molecule has 2 aromatic rings. The van der Waals surface area contributed by atoms with E-state index < -0.39 is 15.6 Å². The maximum atomic E-state index is 12.1. The van der Waals surface area contributed by atoms with E-state index in [2.05, 4.69) is 41.6 Å². The summed E-state index contributed by atoms with van der Waals surface area (Å²) in [5.41, 5.74) is -0.554. The summed E-state index contributed by atoms with van der Waals surface area (Å²) in [6, 6.07) is 7.51. The number of aromatic amines is 1. The van der Waals surface area contributed by atoms with Crippen molar-refractivity contribution in [1.82, 2.24) is 4.98 Å². The Bertz CT molecular complexity index is 754. The quantitative estimate of drug-likeness (QED) is 0.820. The van der Waals surface area contributed by atoms with Gasteiger partial charge in [-0.1, -0.05) is 15.9 Å². The average molecular weight is 408 g/mol. The fourth-order valence-corrected chi connectivity index (χ4v) is 3.01. The van der Waals surface area contributed by atoms with E-state index in [1.165, 1.54) is 24.4 Å². The number of anilines is 1. The molecule has 0 saturated carbocycles. The van der Waals surface area contributed by atoms with Crippen molar-refractivity contribution in [3.8, 4) is 0 Å². The van der Waals surface area contributed by atoms with Crippen LogP contribution in [0.5, 0.6) is 0 Å². The zero-order valence-electron chi connectivity index (χ0n) is 9.35. The third kappa shape index (κ3) is 3.46. The molecule has 5 nitrogen and oxygen atoms in total. The van der Waals surface area contributed by atoms with Gasteiger partial charge in [-0.2, -0.15) is 0 Å². The monoisotopic (exact) mass is 406 g/mol. The lowest BCUT2D eigenvalue weighted by Gasteiger charge is -2.07. The van der Waals surface area contributed by atoms with Gasteiger partial charge in [0.15, 0.2) is 0 Å². The van der Waals surface area contributed by atoms with Gasteiger partial charge in [0.1, 0.15) is 5.69 Å². The van der Waals surface area contributed by atoms with E-state index in [9.17, 15) is 13.2 Å². The summed E-state index contributed by atoms with van der Waals surface area (Å²) in [6.07, 6.45) is 1.43. The Morgan fingerprint density at radius 2 is 1.68 bits per heavy atom. The van der Waals surface area contributed by atoms with Crippen LogP contribution in [0.4, 0.5) is 5.69 Å². The van der Waals surface area contributed by atoms with E-state index >= 15 is 0 Å². The van der Waals surface area contributed by atoms with Gasteiger partial charge in [-0.25, -0.2) is 8.42 Å². The van der Waals surface area contributed by atoms with Gasteiger partial charge in [0.2, 0.25) is 0 Å². The van der Waals surface area contributed by atoms with Crippen LogP contribution in [0.3, 0.4) is 0 Å². The van der Waals surface area contributed by atoms with Crippen molar-refractivity contribution in [2.75, 3.05) is 4.72 Å². The number of pyridine rings is 1. The van der Waals surface area contributed by atoms with Crippen molar-refractivity contribution >= 4 is 47.6 Å². The summed E-state index contributed by atoms with van der Waals surface area (Å²) in [7, 11) is -3.78. The lowest BCUT2D eigenvalue weighted by Crippen LogP contribution is -2.19. The predicted octanol–water partition coefficient (Wildman–Crippen LogP) is 2.70. The molecule has 100 valence electrons. The second-order valence-corrected chi connectivity index (χ2v) is 7.13. The number of halogens is 2. The molecule has 0 aliphatic carbocycles. The summed E-state index contributed by atoms with van der Waals surface area (Å²) in [5.74, 6) is 0. The molecule has 2 rings (SSSR count). The predicted molar refractivity (Wildman–Crippen MR) is 79.7 cm³/mol. The molecule has 0 atom stereocenters. The zero-order chi connectivity index (χ0) is 14.0. The Balaban J connectivity index is 2.39. The van der Waals surface area contributed by atoms with Crippen LogP contribution in [0, 0.1) is 0 Å². The third-order valence-electron chi connectivity index (χ3n) is 2.24. The van der Waals surface area contributed by atoms with Gasteiger partial charge in [0.05, 0.1) is 4.90 Å². The molecule has 0 aliphatic rings. The SMILES string of the molecule is O=c1[nH]cc(Br)cc1NS(=O)(=O)c1ccc(Br)cc1. The number of rotatable bonds is 3. The van der Waals surface area contributed by atoms with Crippen molar-refractivity contribution < 1.29 is 8.42 Å². The fourth-order valence-electron chi connectivity index (χ4n) is 1.35. The standard InChI is InChI=1S/C11H8Br2N2O3S/c12-7-1-3-9(4-2-7)19(17,18)15-10-5-8(13)6-14-11(10)16/h1-6,15H,(H,14,16). The molecule has 2 N–H and O–H groups in total. The van der Waals surface area contributed by atoms with Gasteiger partial charge in [0.25, 0.3) is 15.6 Å². The maximum absolute atomic E-state index is 12.1. The van der Waals surface area contributed by atoms with Crippen LogP contribution in [0.2, 0.25) is 0 Å². The normalized spacial score (nSPS) is 11.3. The first-order valence-electron chi connectivity index (χ1n) is 5.05. The zero-order valence-corrected chi connectivity index (χ0v) is 13.3. The molecule has 0 aliphatic heterocycles. The molecule has 0 saturated heterocycles. The van der Waals surface area contributed by atoms with Crippen LogP contribution in [-0.4, -0.2) is 13.4 Å². The van der Waals surface area contributed by atoms with Gasteiger partial charge in [-0.15, -0.1) is 0 Å². The Labute approximate surface area is 126 Å². The molecule has 0 bridgehead atoms. The van der Waals surface area contributed by atoms with Gasteiger partial charge in [0, 0.05) is 15.1 Å². The minimum Gasteiger partial charge on any atom is -0.326 e. The first kappa shape index (κ1) is 14.3. The molecule has 19 heavy (non-hydrogen) atoms. The van der Waals surface area contributed by atoms with E-state index in [0.717, 1.165) is 4.47 Å². The largest absolute Gasteiger partial charge is 0.326 e. The number of H-pyrrole nitrogens is 1. The van der Waals surface area contributed by atoms with Crippen molar-refractivity contribution in [1.29, 1.82) is 0 Å². The van der Waals surface area contributed by atoms with Crippen LogP contribution in [0.15, 0.2) is 55.2 Å². The second-order valence-electron chi connectivity index (χ2n) is 3.62. The number of aromatic nitrogens is 1. The van der Waals surface area contributed by atoms with Crippen LogP contribution < -0.4 is 10.3 Å². The minimum atomic E-state index is -3.78. The molecule has 0 spiro atoms. The van der Waals surface area contributed by atoms with E-state index in [1.807, 2.05) is 0 Å². The lowest BCUT2D eigenvalue weighted by atomic mass is 10.4. The molecule has 0 fully saturated rings. The topological polar surface area (TPSA) is 79.0 Å². The summed E-state index contributed by atoms with van der Waals surface area (Å²) in [4.78, 5) is 14.0. The van der Waals surface area contributed by atoms with Crippen LogP contribution in [0.1, 0.15) is 0 Å². The summed E-state index contributed by atoms with van der Waals surface area (Å²) in [6.45, 7) is 0. The Hall–Kier alpha value is -1.12. The van der Waals surface area contributed by atoms with E-state index in [1.54, 1.807) is 12.1 Å². The molecule has 0 radical (unpaired) electrons. The molecule has 0 unspecified atom stereocenters. The molecule has 1 heterocycles. The van der Waals surface area contributed by atoms with Gasteiger partial charge < -0.3 is 4.98 Å². The first-order valence-corrected chi connectivity index (χ1v) is 8.12. The van der Waals surface area contributed by atoms with E-state index in [0.29, 0.717) is 4.47 Å². The van der Waals surface area contributed by atoms with Gasteiger partial charge in [-0.05, 0) is 46.3 Å². The number of hydrogen-bond acceptors (Lipinski definition) is 3. The number of nitrogens with one attached hydrogen (secondary N) is 2. The summed E-state index contributed by atoms with van der Waals surface area (Å²) >= 11 is 6.38. The first-order chi connectivity index (χ1) is 8.88. The van der Waals surface area contributed by atoms with Crippen molar-refractivity contribution in [2.24, 2.45) is 0 Å². The van der Waals surface area contributed by atoms with Crippen molar-refractivity contribution in [3.05, 3.63) is 55.8 Å². The number of hydrogen-bond donors (Lipinski definition) is 2. The highest BCUT2D eigenvalue weighted by Gasteiger charge is 2.15. The smallest absolute Gasteiger partial charge is 0.272 e. The number of sulfonamides is 1. The van der Waals surface area contributed by atoms with Gasteiger partial charge >= 0.3 is 0 Å². The molecular weight excluding hydrogens is 400 g/mol. The fraction of sp³-hybridized carbons (Fsp3) is 0. The van der Waals surface area contributed by atoms with Crippen LogP contribution in [-0.2, 0) is 10.0 Å². The minimum absolute atomic E-state index is 0.0442. The van der Waals surface area contributed by atoms with Crippen molar-refractivity contribution in [2.45, 2.75) is 4.90 Å². The summed E-state index contributed by atoms with van der Waals surface area (Å²) < 4.78 is 27.8. The molecular formula is C11H8Br2N2O3S. The maximum Gasteiger partial charge on any atom is 0.272 e. The molecule has 1 aromatic heterocycles. The van der Waals surface area contributed by atoms with E-state index in [-0.39, 0.29) is 10.6 Å². The number of benzene rings is 1. The van der Waals surface area contributed by atoms with Crippen LogP contribution >= 0.6 is 31.9 Å². The Morgan fingerprint density at radius 3 is 2.32 bits per heavy atom. The highest BCUT2D eigenvalue weighted by molar-refractivity contribution is 9.10. The van der Waals surface area contributed by atoms with Gasteiger partial charge in [-0.3, -0.25) is 9.52 Å². The Kier molecular flexibility index (Phi) is 4.12. The molecule has 1 aromatic carbocycles. The summed E-state index contributed by atoms with van der Waals surface area (Å²) in [5, 5.41) is 0. The highest BCUT2D eigenvalue weighted by atomic mass is 79.9. The Morgan fingerprint density at radius 1 is 1.05 bits per heavy atom. The lowest BCUT2D eigenvalue weighted by molar-refractivity contribution is 0.601. The van der Waals surface area contributed by atoms with E-state index in [4.69, 9.17) is 0 Å². The highest BCUT2D eigenvalue weighted by Crippen LogP contribution is 2.18. The average Bonchev–Trinajstić information content (AvgIpc) is 2.34.